The van der Waals surface area contributed by atoms with Gasteiger partial charge in [-0.2, -0.15) is 0 Å². The van der Waals surface area contributed by atoms with Crippen molar-refractivity contribution in [2.45, 2.75) is 26.7 Å². The van der Waals surface area contributed by atoms with E-state index < -0.39 is 0 Å². The SMILES string of the molecule is CC(=O)C1=CC(=O)c2ccccc2C1=O.CC(C)c1cccc2sc3ccccc3c(=O)c12. The van der Waals surface area contributed by atoms with E-state index in [9.17, 15) is 19.2 Å². The molecule has 5 heteroatoms. The highest BCUT2D eigenvalue weighted by Crippen LogP contribution is 2.29. The van der Waals surface area contributed by atoms with Crippen molar-refractivity contribution < 1.29 is 14.4 Å². The molecule has 0 N–H and O–H groups in total. The molecule has 1 heterocycles. The van der Waals surface area contributed by atoms with Crippen LogP contribution in [-0.4, -0.2) is 17.3 Å². The minimum absolute atomic E-state index is 0.0290. The summed E-state index contributed by atoms with van der Waals surface area (Å²) in [6, 6.07) is 20.5. The molecule has 0 amide bonds. The topological polar surface area (TPSA) is 68.3 Å². The molecule has 0 aliphatic heterocycles. The van der Waals surface area contributed by atoms with E-state index in [1.54, 1.807) is 35.6 Å². The first kappa shape index (κ1) is 22.5. The summed E-state index contributed by atoms with van der Waals surface area (Å²) in [5.41, 5.74) is 1.98. The first-order chi connectivity index (χ1) is 15.8. The average molecular weight is 455 g/mol. The normalized spacial score (nSPS) is 12.9. The number of ketones is 3. The fourth-order valence-electron chi connectivity index (χ4n) is 3.93. The van der Waals surface area contributed by atoms with Crippen LogP contribution in [0.1, 0.15) is 53.0 Å². The van der Waals surface area contributed by atoms with Crippen molar-refractivity contribution in [3.63, 3.8) is 0 Å². The van der Waals surface area contributed by atoms with Gasteiger partial charge in [-0.15, -0.1) is 11.3 Å². The second-order valence-electron chi connectivity index (χ2n) is 8.16. The third-order valence-electron chi connectivity index (χ3n) is 5.60. The predicted octanol–water partition coefficient (Wildman–Crippen LogP) is 6.12. The highest BCUT2D eigenvalue weighted by atomic mass is 32.1. The molecule has 0 saturated heterocycles. The standard InChI is InChI=1S/C16H14OS.C12H8O3/c1-10(2)11-7-5-9-14-15(11)16(17)12-6-3-4-8-13(12)18-14;1-7(13)10-6-11(14)8-4-2-3-5-9(8)12(10)15/h3-10H,1-2H3;2-6H,1H3. The van der Waals surface area contributed by atoms with E-state index in [1.165, 1.54) is 6.92 Å². The van der Waals surface area contributed by atoms with Crippen LogP contribution in [0.15, 0.2) is 83.2 Å². The number of allylic oxidation sites excluding steroid dienone is 2. The van der Waals surface area contributed by atoms with Crippen molar-refractivity contribution in [2.24, 2.45) is 0 Å². The van der Waals surface area contributed by atoms with Crippen LogP contribution >= 0.6 is 11.3 Å². The van der Waals surface area contributed by atoms with E-state index in [0.717, 1.165) is 31.8 Å². The fourth-order valence-corrected chi connectivity index (χ4v) is 5.04. The molecule has 164 valence electrons. The fraction of sp³-hybridized carbons (Fsp3) is 0.143. The zero-order chi connectivity index (χ0) is 23.7. The monoisotopic (exact) mass is 454 g/mol. The maximum atomic E-state index is 12.6. The van der Waals surface area contributed by atoms with Crippen LogP contribution in [0.2, 0.25) is 0 Å². The van der Waals surface area contributed by atoms with Crippen LogP contribution in [0.4, 0.5) is 0 Å². The van der Waals surface area contributed by atoms with E-state index in [4.69, 9.17) is 0 Å². The quantitative estimate of drug-likeness (QED) is 0.270. The molecule has 1 aliphatic carbocycles. The van der Waals surface area contributed by atoms with Gasteiger partial charge in [0.15, 0.2) is 22.8 Å². The van der Waals surface area contributed by atoms with Crippen LogP contribution in [0.25, 0.3) is 20.2 Å². The summed E-state index contributed by atoms with van der Waals surface area (Å²) >= 11 is 1.70. The smallest absolute Gasteiger partial charge is 0.197 e. The van der Waals surface area contributed by atoms with Gasteiger partial charge in [0, 0.05) is 37.4 Å². The van der Waals surface area contributed by atoms with Crippen LogP contribution in [0, 0.1) is 0 Å². The van der Waals surface area contributed by atoms with E-state index in [1.807, 2.05) is 36.4 Å². The van der Waals surface area contributed by atoms with Crippen molar-refractivity contribution in [2.75, 3.05) is 0 Å². The second kappa shape index (κ2) is 9.04. The van der Waals surface area contributed by atoms with Gasteiger partial charge in [0.05, 0.1) is 5.57 Å². The Morgan fingerprint density at radius 3 is 2.12 bits per heavy atom. The highest BCUT2D eigenvalue weighted by molar-refractivity contribution is 7.24. The molecule has 4 aromatic rings. The summed E-state index contributed by atoms with van der Waals surface area (Å²) < 4.78 is 2.15. The summed E-state index contributed by atoms with van der Waals surface area (Å²) in [5, 5.41) is 1.74. The molecule has 0 bridgehead atoms. The minimum atomic E-state index is -0.372. The molecule has 5 rings (SSSR count). The first-order valence-corrected chi connectivity index (χ1v) is 11.5. The molecule has 0 unspecified atom stereocenters. The predicted molar refractivity (Wildman–Crippen MR) is 134 cm³/mol. The van der Waals surface area contributed by atoms with E-state index >= 15 is 0 Å². The summed E-state index contributed by atoms with van der Waals surface area (Å²) in [6.45, 7) is 5.55. The van der Waals surface area contributed by atoms with Gasteiger partial charge in [0.1, 0.15) is 0 Å². The summed E-state index contributed by atoms with van der Waals surface area (Å²) in [7, 11) is 0. The molecule has 0 fully saturated rings. The Morgan fingerprint density at radius 1 is 0.788 bits per heavy atom. The molecule has 1 aliphatic rings. The van der Waals surface area contributed by atoms with Gasteiger partial charge in [0.25, 0.3) is 0 Å². The number of Topliss-reactive ketones (excluding diaryl/α,β-unsaturated/α-hetero) is 2. The van der Waals surface area contributed by atoms with E-state index in [-0.39, 0.29) is 28.4 Å². The van der Waals surface area contributed by atoms with Gasteiger partial charge in [-0.3, -0.25) is 19.2 Å². The van der Waals surface area contributed by atoms with Gasteiger partial charge in [-0.25, -0.2) is 0 Å². The molecule has 0 spiro atoms. The second-order valence-corrected chi connectivity index (χ2v) is 9.24. The Kier molecular flexibility index (Phi) is 6.16. The summed E-state index contributed by atoms with van der Waals surface area (Å²) in [5.74, 6) is -0.647. The Labute approximate surface area is 195 Å². The van der Waals surface area contributed by atoms with Gasteiger partial charge in [-0.05, 0) is 36.6 Å². The van der Waals surface area contributed by atoms with Gasteiger partial charge in [0.2, 0.25) is 0 Å². The van der Waals surface area contributed by atoms with Crippen LogP contribution in [0.3, 0.4) is 0 Å². The number of hydrogen-bond acceptors (Lipinski definition) is 5. The van der Waals surface area contributed by atoms with Crippen molar-refractivity contribution in [3.8, 4) is 0 Å². The number of hydrogen-bond donors (Lipinski definition) is 0. The largest absolute Gasteiger partial charge is 0.294 e. The van der Waals surface area contributed by atoms with Crippen LogP contribution < -0.4 is 5.43 Å². The molecule has 0 radical (unpaired) electrons. The number of carbonyl (C=O) groups excluding carboxylic acids is 3. The molecule has 3 aromatic carbocycles. The highest BCUT2D eigenvalue weighted by Gasteiger charge is 2.27. The lowest BCUT2D eigenvalue weighted by atomic mass is 9.88. The molecule has 1 aromatic heterocycles. The molecule has 0 saturated carbocycles. The lowest BCUT2D eigenvalue weighted by molar-refractivity contribution is -0.113. The van der Waals surface area contributed by atoms with Crippen molar-refractivity contribution in [3.05, 3.63) is 105 Å². The first-order valence-electron chi connectivity index (χ1n) is 10.6. The summed E-state index contributed by atoms with van der Waals surface area (Å²) in [4.78, 5) is 47.1. The van der Waals surface area contributed by atoms with Crippen LogP contribution in [-0.2, 0) is 4.79 Å². The van der Waals surface area contributed by atoms with E-state index in [2.05, 4.69) is 19.9 Å². The maximum absolute atomic E-state index is 12.6. The van der Waals surface area contributed by atoms with Crippen molar-refractivity contribution in [1.82, 2.24) is 0 Å². The Morgan fingerprint density at radius 2 is 1.42 bits per heavy atom. The van der Waals surface area contributed by atoms with Gasteiger partial charge < -0.3 is 0 Å². The van der Waals surface area contributed by atoms with Crippen LogP contribution in [0.5, 0.6) is 0 Å². The Hall–Kier alpha value is -3.70. The third kappa shape index (κ3) is 4.20. The number of carbonyl (C=O) groups is 3. The third-order valence-corrected chi connectivity index (χ3v) is 6.73. The lowest BCUT2D eigenvalue weighted by Crippen LogP contribution is -2.20. The zero-order valence-corrected chi connectivity index (χ0v) is 19.4. The molecular weight excluding hydrogens is 432 g/mol. The zero-order valence-electron chi connectivity index (χ0n) is 18.5. The minimum Gasteiger partial charge on any atom is -0.294 e. The van der Waals surface area contributed by atoms with E-state index in [0.29, 0.717) is 17.0 Å². The molecule has 33 heavy (non-hydrogen) atoms. The van der Waals surface area contributed by atoms with Gasteiger partial charge in [-0.1, -0.05) is 62.4 Å². The van der Waals surface area contributed by atoms with Crippen molar-refractivity contribution in [1.29, 1.82) is 0 Å². The number of rotatable bonds is 2. The maximum Gasteiger partial charge on any atom is 0.197 e. The Bertz CT molecular complexity index is 1520. The average Bonchev–Trinajstić information content (AvgIpc) is 2.81. The molecular formula is C28H22O4S. The van der Waals surface area contributed by atoms with Gasteiger partial charge >= 0.3 is 0 Å². The summed E-state index contributed by atoms with van der Waals surface area (Å²) in [6.07, 6.45) is 1.12. The molecule has 0 atom stereocenters. The lowest BCUT2D eigenvalue weighted by Gasteiger charge is -2.12. The number of benzene rings is 3. The Balaban J connectivity index is 0.000000160. The molecule has 4 nitrogen and oxygen atoms in total. The number of fused-ring (bicyclic) bond motifs is 3. The van der Waals surface area contributed by atoms with Crippen molar-refractivity contribution >= 4 is 48.9 Å².